The number of carbonyl (C=O) groups is 1. The smallest absolute Gasteiger partial charge is 0.419 e. The third-order valence-corrected chi connectivity index (χ3v) is 2.17. The van der Waals surface area contributed by atoms with E-state index in [9.17, 15) is 22.4 Å². The second kappa shape index (κ2) is 4.11. The van der Waals surface area contributed by atoms with Crippen molar-refractivity contribution < 1.29 is 27.5 Å². The molecule has 1 N–H and O–H groups in total. The van der Waals surface area contributed by atoms with Crippen LogP contribution in [-0.4, -0.2) is 11.1 Å². The van der Waals surface area contributed by atoms with Gasteiger partial charge < -0.3 is 5.11 Å². The number of carboxylic acids is 1. The Morgan fingerprint density at radius 3 is 2.38 bits per heavy atom. The Kier molecular flexibility index (Phi) is 3.21. The van der Waals surface area contributed by atoms with Crippen molar-refractivity contribution in [2.45, 2.75) is 19.0 Å². The largest absolute Gasteiger partial charge is 0.481 e. The van der Waals surface area contributed by atoms with Crippen molar-refractivity contribution in [3.05, 3.63) is 35.1 Å². The first-order valence-corrected chi connectivity index (χ1v) is 4.33. The molecule has 0 heterocycles. The molecule has 1 atom stereocenters. The first kappa shape index (κ1) is 12.5. The van der Waals surface area contributed by atoms with E-state index >= 15 is 0 Å². The summed E-state index contributed by atoms with van der Waals surface area (Å²) in [5, 5.41) is 8.61. The highest BCUT2D eigenvalue weighted by molar-refractivity contribution is 5.75. The average Bonchev–Trinajstić information content (AvgIpc) is 2.15. The van der Waals surface area contributed by atoms with Gasteiger partial charge in [0.15, 0.2) is 0 Å². The molecule has 1 aromatic rings. The minimum atomic E-state index is -4.82. The predicted molar refractivity (Wildman–Crippen MR) is 47.5 cm³/mol. The van der Waals surface area contributed by atoms with E-state index in [0.29, 0.717) is 6.07 Å². The van der Waals surface area contributed by atoms with Crippen molar-refractivity contribution in [1.82, 2.24) is 0 Å². The van der Waals surface area contributed by atoms with Crippen molar-refractivity contribution >= 4 is 5.97 Å². The Morgan fingerprint density at radius 1 is 1.38 bits per heavy atom. The molecule has 0 aliphatic carbocycles. The van der Waals surface area contributed by atoms with E-state index in [1.54, 1.807) is 0 Å². The number of hydrogen-bond donors (Lipinski definition) is 1. The molecule has 0 amide bonds. The Balaban J connectivity index is 3.30. The van der Waals surface area contributed by atoms with Crippen LogP contribution in [0.15, 0.2) is 18.2 Å². The molecule has 0 spiro atoms. The van der Waals surface area contributed by atoms with Crippen molar-refractivity contribution in [2.24, 2.45) is 0 Å². The fraction of sp³-hybridized carbons (Fsp3) is 0.300. The fourth-order valence-electron chi connectivity index (χ4n) is 1.24. The minimum absolute atomic E-state index is 0.470. The van der Waals surface area contributed by atoms with Gasteiger partial charge in [-0.15, -0.1) is 0 Å². The first-order chi connectivity index (χ1) is 7.25. The molecule has 0 aliphatic heterocycles. The maximum Gasteiger partial charge on any atom is 0.419 e. The summed E-state index contributed by atoms with van der Waals surface area (Å²) < 4.78 is 50.3. The molecule has 0 saturated carbocycles. The van der Waals surface area contributed by atoms with Crippen LogP contribution in [0.3, 0.4) is 0 Å². The molecule has 0 radical (unpaired) electrons. The molecule has 1 unspecified atom stereocenters. The number of benzene rings is 1. The Hall–Kier alpha value is -1.59. The quantitative estimate of drug-likeness (QED) is 0.801. The predicted octanol–water partition coefficient (Wildman–Crippen LogP) is 3.03. The van der Waals surface area contributed by atoms with Gasteiger partial charge in [0.25, 0.3) is 0 Å². The number of halogens is 4. The van der Waals surface area contributed by atoms with Crippen molar-refractivity contribution in [3.63, 3.8) is 0 Å². The highest BCUT2D eigenvalue weighted by Gasteiger charge is 2.35. The number of alkyl halides is 3. The summed E-state index contributed by atoms with van der Waals surface area (Å²) in [4.78, 5) is 10.6. The van der Waals surface area contributed by atoms with Gasteiger partial charge in [-0.2, -0.15) is 13.2 Å². The first-order valence-electron chi connectivity index (χ1n) is 4.33. The van der Waals surface area contributed by atoms with Gasteiger partial charge >= 0.3 is 12.1 Å². The monoisotopic (exact) mass is 236 g/mol. The number of carboxylic acid groups (broad SMARTS) is 1. The summed E-state index contributed by atoms with van der Waals surface area (Å²) >= 11 is 0. The van der Waals surface area contributed by atoms with Gasteiger partial charge in [0.05, 0.1) is 11.5 Å². The number of rotatable bonds is 2. The van der Waals surface area contributed by atoms with Crippen LogP contribution in [-0.2, 0) is 11.0 Å². The van der Waals surface area contributed by atoms with Gasteiger partial charge in [-0.3, -0.25) is 4.79 Å². The molecule has 0 bridgehead atoms. The number of hydrogen-bond acceptors (Lipinski definition) is 1. The van der Waals surface area contributed by atoms with Gasteiger partial charge in [-0.25, -0.2) is 4.39 Å². The normalized spacial score (nSPS) is 13.6. The van der Waals surface area contributed by atoms with E-state index in [1.807, 2.05) is 0 Å². The van der Waals surface area contributed by atoms with Crippen molar-refractivity contribution in [3.8, 4) is 0 Å². The average molecular weight is 236 g/mol. The van der Waals surface area contributed by atoms with Gasteiger partial charge in [0.2, 0.25) is 0 Å². The standard InChI is InChI=1S/C10H8F4O2/c1-5(9(15)16)6-3-2-4-7(8(6)11)10(12,13)14/h2-5H,1H3,(H,15,16). The summed E-state index contributed by atoms with van der Waals surface area (Å²) in [6.07, 6.45) is -4.82. The van der Waals surface area contributed by atoms with Crippen LogP contribution in [0.4, 0.5) is 17.6 Å². The molecule has 0 aliphatic rings. The van der Waals surface area contributed by atoms with E-state index in [-0.39, 0.29) is 0 Å². The molecular weight excluding hydrogens is 228 g/mol. The lowest BCUT2D eigenvalue weighted by Gasteiger charge is -2.13. The van der Waals surface area contributed by atoms with Gasteiger partial charge in [-0.1, -0.05) is 12.1 Å². The lowest BCUT2D eigenvalue weighted by molar-refractivity contribution is -0.141. The van der Waals surface area contributed by atoms with E-state index in [1.165, 1.54) is 0 Å². The summed E-state index contributed by atoms with van der Waals surface area (Å²) in [6, 6.07) is 2.59. The van der Waals surface area contributed by atoms with Crippen LogP contribution in [0.1, 0.15) is 24.0 Å². The third-order valence-electron chi connectivity index (χ3n) is 2.17. The second-order valence-electron chi connectivity index (χ2n) is 3.27. The lowest BCUT2D eigenvalue weighted by atomic mass is 9.98. The van der Waals surface area contributed by atoms with Crippen LogP contribution in [0, 0.1) is 5.82 Å². The van der Waals surface area contributed by atoms with Gasteiger partial charge in [-0.05, 0) is 13.0 Å². The van der Waals surface area contributed by atoms with Crippen LogP contribution in [0.25, 0.3) is 0 Å². The Bertz CT molecular complexity index is 412. The zero-order valence-electron chi connectivity index (χ0n) is 8.18. The molecule has 6 heteroatoms. The second-order valence-corrected chi connectivity index (χ2v) is 3.27. The minimum Gasteiger partial charge on any atom is -0.481 e. The number of aliphatic carboxylic acids is 1. The lowest BCUT2D eigenvalue weighted by Crippen LogP contribution is -2.14. The Labute approximate surface area is 88.5 Å². The van der Waals surface area contributed by atoms with Crippen molar-refractivity contribution in [1.29, 1.82) is 0 Å². The van der Waals surface area contributed by atoms with Crippen LogP contribution in [0.2, 0.25) is 0 Å². The molecule has 1 rings (SSSR count). The molecule has 16 heavy (non-hydrogen) atoms. The summed E-state index contributed by atoms with van der Waals surface area (Å²) in [7, 11) is 0. The molecule has 1 aromatic carbocycles. The SMILES string of the molecule is CC(C(=O)O)c1cccc(C(F)(F)F)c1F. The van der Waals surface area contributed by atoms with E-state index in [0.717, 1.165) is 19.1 Å². The highest BCUT2D eigenvalue weighted by Crippen LogP contribution is 2.34. The topological polar surface area (TPSA) is 37.3 Å². The molecule has 0 fully saturated rings. The summed E-state index contributed by atoms with van der Waals surface area (Å²) in [6.45, 7) is 1.13. The van der Waals surface area contributed by atoms with E-state index < -0.39 is 35.0 Å². The zero-order valence-corrected chi connectivity index (χ0v) is 8.18. The van der Waals surface area contributed by atoms with Gasteiger partial charge in [0.1, 0.15) is 5.82 Å². The molecule has 88 valence electrons. The third kappa shape index (κ3) is 2.32. The molecule has 2 nitrogen and oxygen atoms in total. The Morgan fingerprint density at radius 2 is 1.94 bits per heavy atom. The zero-order chi connectivity index (χ0) is 12.5. The van der Waals surface area contributed by atoms with Crippen molar-refractivity contribution in [2.75, 3.05) is 0 Å². The molecule has 0 aromatic heterocycles. The molecule has 0 saturated heterocycles. The van der Waals surface area contributed by atoms with E-state index in [4.69, 9.17) is 5.11 Å². The van der Waals surface area contributed by atoms with Crippen LogP contribution < -0.4 is 0 Å². The fourth-order valence-corrected chi connectivity index (χ4v) is 1.24. The van der Waals surface area contributed by atoms with Crippen LogP contribution >= 0.6 is 0 Å². The van der Waals surface area contributed by atoms with Crippen LogP contribution in [0.5, 0.6) is 0 Å². The summed E-state index contributed by atoms with van der Waals surface area (Å²) in [5.41, 5.74) is -1.92. The molecular formula is C10H8F4O2. The highest BCUT2D eigenvalue weighted by atomic mass is 19.4. The maximum atomic E-state index is 13.4. The summed E-state index contributed by atoms with van der Waals surface area (Å²) in [5.74, 6) is -4.22. The van der Waals surface area contributed by atoms with Gasteiger partial charge in [0, 0.05) is 5.56 Å². The maximum absolute atomic E-state index is 13.4. The van der Waals surface area contributed by atoms with E-state index in [2.05, 4.69) is 0 Å².